The average Bonchev–Trinajstić information content (AvgIpc) is 3.23. The van der Waals surface area contributed by atoms with Crippen molar-refractivity contribution in [1.82, 2.24) is 25.2 Å². The summed E-state index contributed by atoms with van der Waals surface area (Å²) in [5.41, 5.74) is 0.139. The van der Waals surface area contributed by atoms with Crippen molar-refractivity contribution in [3.63, 3.8) is 0 Å². The van der Waals surface area contributed by atoms with Crippen LogP contribution in [0.25, 0.3) is 11.0 Å². The molecular formula is C18H21N5O5S. The summed E-state index contributed by atoms with van der Waals surface area (Å²) in [5, 5.41) is 2.80. The Morgan fingerprint density at radius 1 is 1.28 bits per heavy atom. The lowest BCUT2D eigenvalue weighted by Crippen LogP contribution is -2.39. The Hall–Kier alpha value is -2.95. The van der Waals surface area contributed by atoms with Crippen molar-refractivity contribution >= 4 is 40.6 Å². The number of H-pyrrole nitrogens is 1. The molecule has 0 atom stereocenters. The minimum atomic E-state index is -0.657. The number of nitrogens with one attached hydrogen (secondary N) is 2. The number of aromatic nitrogens is 3. The van der Waals surface area contributed by atoms with E-state index < -0.39 is 11.5 Å². The molecule has 3 heterocycles. The number of likely N-dealkylation sites (tertiary alicyclic amines) is 1. The topological polar surface area (TPSA) is 134 Å². The first-order chi connectivity index (χ1) is 13.9. The van der Waals surface area contributed by atoms with Crippen LogP contribution in [0, 0.1) is 6.92 Å². The highest BCUT2D eigenvalue weighted by atomic mass is 32.2. The lowest BCUT2D eigenvalue weighted by atomic mass is 10.1. The van der Waals surface area contributed by atoms with E-state index in [1.807, 2.05) is 0 Å². The van der Waals surface area contributed by atoms with Crippen LogP contribution < -0.4 is 10.9 Å². The molecule has 1 aliphatic rings. The van der Waals surface area contributed by atoms with Crippen molar-refractivity contribution < 1.29 is 19.1 Å². The summed E-state index contributed by atoms with van der Waals surface area (Å²) in [4.78, 5) is 61.1. The van der Waals surface area contributed by atoms with Crippen molar-refractivity contribution in [3.05, 3.63) is 27.7 Å². The van der Waals surface area contributed by atoms with Crippen LogP contribution in [0.3, 0.4) is 0 Å². The lowest BCUT2D eigenvalue weighted by molar-refractivity contribution is -0.131. The fourth-order valence-corrected chi connectivity index (χ4v) is 3.71. The molecule has 1 aliphatic heterocycles. The number of methoxy groups -OCH3 is 1. The Balaban J connectivity index is 1.67. The summed E-state index contributed by atoms with van der Waals surface area (Å²) in [5.74, 6) is -1.14. The van der Waals surface area contributed by atoms with Gasteiger partial charge < -0.3 is 19.9 Å². The molecule has 0 aromatic carbocycles. The molecule has 0 saturated carbocycles. The molecule has 0 bridgehead atoms. The smallest absolute Gasteiger partial charge is 0.338 e. The van der Waals surface area contributed by atoms with Crippen LogP contribution in [0.5, 0.6) is 0 Å². The fraction of sp³-hybridized carbons (Fsp3) is 0.444. The number of hydrogen-bond acceptors (Lipinski definition) is 8. The lowest BCUT2D eigenvalue weighted by Gasteiger charge is -2.15. The number of hydrogen-bond donors (Lipinski definition) is 2. The van der Waals surface area contributed by atoms with Gasteiger partial charge in [-0.25, -0.2) is 14.8 Å². The van der Waals surface area contributed by atoms with Gasteiger partial charge in [-0.2, -0.15) is 0 Å². The number of thioether (sulfide) groups is 1. The maximum Gasteiger partial charge on any atom is 0.338 e. The summed E-state index contributed by atoms with van der Waals surface area (Å²) >= 11 is 1.01. The molecule has 11 heteroatoms. The van der Waals surface area contributed by atoms with E-state index in [0.29, 0.717) is 5.69 Å². The number of rotatable bonds is 6. The number of nitrogens with zero attached hydrogens (tertiary/aromatic N) is 3. The predicted molar refractivity (Wildman–Crippen MR) is 106 cm³/mol. The van der Waals surface area contributed by atoms with Crippen LogP contribution in [-0.4, -0.2) is 70.1 Å². The maximum atomic E-state index is 12.5. The van der Waals surface area contributed by atoms with Gasteiger partial charge in [0.2, 0.25) is 11.8 Å². The summed E-state index contributed by atoms with van der Waals surface area (Å²) in [6, 6.07) is 1.46. The van der Waals surface area contributed by atoms with Gasteiger partial charge in [0.1, 0.15) is 0 Å². The van der Waals surface area contributed by atoms with E-state index in [1.54, 1.807) is 11.8 Å². The molecule has 1 saturated heterocycles. The molecule has 10 nitrogen and oxygen atoms in total. The van der Waals surface area contributed by atoms with E-state index in [4.69, 9.17) is 4.74 Å². The molecule has 2 aromatic rings. The Kier molecular flexibility index (Phi) is 6.47. The molecule has 0 radical (unpaired) electrons. The number of ether oxygens (including phenoxy) is 1. The highest BCUT2D eigenvalue weighted by molar-refractivity contribution is 7.99. The van der Waals surface area contributed by atoms with Gasteiger partial charge in [-0.3, -0.25) is 14.4 Å². The zero-order valence-electron chi connectivity index (χ0n) is 16.1. The van der Waals surface area contributed by atoms with Crippen LogP contribution in [-0.2, 0) is 14.3 Å². The summed E-state index contributed by atoms with van der Waals surface area (Å²) in [6.07, 6.45) is 1.98. The first kappa shape index (κ1) is 20.8. The Morgan fingerprint density at radius 3 is 2.69 bits per heavy atom. The third-order valence-corrected chi connectivity index (χ3v) is 5.30. The van der Waals surface area contributed by atoms with E-state index >= 15 is 0 Å². The quantitative estimate of drug-likeness (QED) is 0.386. The second kappa shape index (κ2) is 9.03. The Labute approximate surface area is 170 Å². The van der Waals surface area contributed by atoms with E-state index in [0.717, 1.165) is 37.7 Å². The van der Waals surface area contributed by atoms with Crippen LogP contribution >= 0.6 is 11.8 Å². The van der Waals surface area contributed by atoms with Gasteiger partial charge in [-0.05, 0) is 25.8 Å². The molecule has 0 spiro atoms. The summed E-state index contributed by atoms with van der Waals surface area (Å²) in [7, 11) is 1.23. The third-order valence-electron chi connectivity index (χ3n) is 4.42. The molecule has 154 valence electrons. The van der Waals surface area contributed by atoms with E-state index in [2.05, 4.69) is 20.3 Å². The molecule has 2 N–H and O–H groups in total. The highest BCUT2D eigenvalue weighted by Gasteiger charge is 2.19. The van der Waals surface area contributed by atoms with Crippen molar-refractivity contribution in [2.24, 2.45) is 0 Å². The average molecular weight is 419 g/mol. The minimum absolute atomic E-state index is 0.0304. The second-order valence-electron chi connectivity index (χ2n) is 6.53. The number of fused-ring (bicyclic) bond motifs is 1. The Morgan fingerprint density at radius 2 is 2.00 bits per heavy atom. The van der Waals surface area contributed by atoms with Crippen molar-refractivity contribution in [2.45, 2.75) is 24.9 Å². The number of aryl methyl sites for hydroxylation is 1. The summed E-state index contributed by atoms with van der Waals surface area (Å²) in [6.45, 7) is 3.08. The molecule has 0 unspecified atom stereocenters. The highest BCUT2D eigenvalue weighted by Crippen LogP contribution is 2.18. The summed E-state index contributed by atoms with van der Waals surface area (Å²) < 4.78 is 4.71. The van der Waals surface area contributed by atoms with Crippen LogP contribution in [0.4, 0.5) is 0 Å². The first-order valence-corrected chi connectivity index (χ1v) is 10.0. The maximum absolute atomic E-state index is 12.5. The van der Waals surface area contributed by atoms with E-state index in [1.165, 1.54) is 13.2 Å². The number of carbonyl (C=O) groups is 3. The molecule has 1 fully saturated rings. The number of esters is 1. The van der Waals surface area contributed by atoms with Gasteiger partial charge in [-0.15, -0.1) is 0 Å². The molecule has 2 aromatic heterocycles. The minimum Gasteiger partial charge on any atom is -0.465 e. The van der Waals surface area contributed by atoms with Gasteiger partial charge in [0.05, 0.1) is 30.4 Å². The van der Waals surface area contributed by atoms with Crippen LogP contribution in [0.15, 0.2) is 16.0 Å². The monoisotopic (exact) mass is 419 g/mol. The second-order valence-corrected chi connectivity index (χ2v) is 7.49. The number of carbonyl (C=O) groups excluding carboxylic acids is 3. The van der Waals surface area contributed by atoms with Crippen molar-refractivity contribution in [3.8, 4) is 0 Å². The molecule has 29 heavy (non-hydrogen) atoms. The number of aromatic amines is 1. The van der Waals surface area contributed by atoms with Gasteiger partial charge in [-0.1, -0.05) is 11.8 Å². The number of amides is 2. The van der Waals surface area contributed by atoms with E-state index in [9.17, 15) is 19.2 Å². The van der Waals surface area contributed by atoms with Crippen molar-refractivity contribution in [2.75, 3.05) is 32.5 Å². The normalized spacial score (nSPS) is 13.5. The molecule has 0 aliphatic carbocycles. The van der Waals surface area contributed by atoms with Crippen molar-refractivity contribution in [1.29, 1.82) is 0 Å². The van der Waals surface area contributed by atoms with Gasteiger partial charge >= 0.3 is 5.97 Å². The van der Waals surface area contributed by atoms with Gasteiger partial charge in [0, 0.05) is 18.8 Å². The molecular weight excluding hydrogens is 398 g/mol. The largest absolute Gasteiger partial charge is 0.465 e. The van der Waals surface area contributed by atoms with E-state index in [-0.39, 0.29) is 45.9 Å². The standard InChI is InChI=1S/C18H21N5O5S/c1-10-7-11(17(27)28-2)14-15(20-10)21-18(22-16(14)26)29-9-12(24)19-8-13(25)23-5-3-4-6-23/h7H,3-6,8-9H2,1-2H3,(H,19,24)(H,20,21,22,26). The fourth-order valence-electron chi connectivity index (χ4n) is 3.02. The van der Waals surface area contributed by atoms with Gasteiger partial charge in [0.25, 0.3) is 5.56 Å². The molecule has 3 rings (SSSR count). The third kappa shape index (κ3) is 4.91. The predicted octanol–water partition coefficient (Wildman–Crippen LogP) is 0.244. The number of pyridine rings is 1. The zero-order valence-corrected chi connectivity index (χ0v) is 16.9. The van der Waals surface area contributed by atoms with Crippen LogP contribution in [0.2, 0.25) is 0 Å². The van der Waals surface area contributed by atoms with Gasteiger partial charge in [0.15, 0.2) is 10.8 Å². The molecule has 2 amide bonds. The zero-order chi connectivity index (χ0) is 21.0. The van der Waals surface area contributed by atoms with Crippen LogP contribution in [0.1, 0.15) is 28.9 Å². The Bertz CT molecular complexity index is 1020. The first-order valence-electron chi connectivity index (χ1n) is 9.06. The SMILES string of the molecule is COC(=O)c1cc(C)nc2nc(SCC(=O)NCC(=O)N3CCCC3)[nH]c(=O)c12.